The summed E-state index contributed by atoms with van der Waals surface area (Å²) < 4.78 is 0. The molecule has 0 fully saturated rings. The fraction of sp³-hybridized carbons (Fsp3) is 0.263. The summed E-state index contributed by atoms with van der Waals surface area (Å²) in [6.45, 7) is 3.58. The number of nitrogens with zero attached hydrogens (tertiary/aromatic N) is 1. The molecule has 2 aromatic rings. The molecule has 4 nitrogen and oxygen atoms in total. The smallest absolute Gasteiger partial charge is 0.264 e. The SMILES string of the molecule is CCc1c(C2=CC(=O)N(CO)C2=O)sc(-c2ccccc2)c1CC. The lowest BCUT2D eigenvalue weighted by atomic mass is 9.98. The van der Waals surface area contributed by atoms with Crippen LogP contribution in [-0.2, 0) is 22.4 Å². The van der Waals surface area contributed by atoms with Crippen LogP contribution >= 0.6 is 11.3 Å². The first-order valence-electron chi connectivity index (χ1n) is 8.01. The predicted octanol–water partition coefficient (Wildman–Crippen LogP) is 3.24. The fourth-order valence-corrected chi connectivity index (χ4v) is 4.59. The highest BCUT2D eigenvalue weighted by atomic mass is 32.1. The van der Waals surface area contributed by atoms with Crippen molar-refractivity contribution in [3.05, 3.63) is 52.4 Å². The number of aliphatic hydroxyl groups excluding tert-OH is 1. The lowest BCUT2D eigenvalue weighted by Gasteiger charge is -2.10. The maximum absolute atomic E-state index is 12.4. The first-order chi connectivity index (χ1) is 11.6. The summed E-state index contributed by atoms with van der Waals surface area (Å²) in [5, 5.41) is 9.24. The number of aliphatic hydroxyl groups is 1. The average Bonchev–Trinajstić information content (AvgIpc) is 3.12. The monoisotopic (exact) mass is 341 g/mol. The first kappa shape index (κ1) is 16.6. The van der Waals surface area contributed by atoms with Crippen LogP contribution in [0.25, 0.3) is 16.0 Å². The van der Waals surface area contributed by atoms with Crippen molar-refractivity contribution >= 4 is 28.7 Å². The minimum absolute atomic E-state index is 0.396. The van der Waals surface area contributed by atoms with Crippen molar-refractivity contribution in [2.24, 2.45) is 0 Å². The van der Waals surface area contributed by atoms with Gasteiger partial charge in [0.05, 0.1) is 5.57 Å². The van der Waals surface area contributed by atoms with Crippen LogP contribution in [0.2, 0.25) is 0 Å². The van der Waals surface area contributed by atoms with Gasteiger partial charge in [0.15, 0.2) is 0 Å². The second-order valence-corrected chi connectivity index (χ2v) is 6.58. The Bertz CT molecular complexity index is 821. The minimum Gasteiger partial charge on any atom is -0.376 e. The summed E-state index contributed by atoms with van der Waals surface area (Å²) in [5.74, 6) is -0.868. The van der Waals surface area contributed by atoms with E-state index in [1.165, 1.54) is 11.6 Å². The molecule has 124 valence electrons. The Balaban J connectivity index is 2.17. The van der Waals surface area contributed by atoms with E-state index < -0.39 is 18.5 Å². The Morgan fingerprint density at radius 2 is 1.62 bits per heavy atom. The number of imide groups is 1. The van der Waals surface area contributed by atoms with Crippen LogP contribution in [0, 0.1) is 0 Å². The van der Waals surface area contributed by atoms with Gasteiger partial charge >= 0.3 is 0 Å². The maximum Gasteiger partial charge on any atom is 0.264 e. The van der Waals surface area contributed by atoms with E-state index >= 15 is 0 Å². The van der Waals surface area contributed by atoms with E-state index in [-0.39, 0.29) is 0 Å². The highest BCUT2D eigenvalue weighted by molar-refractivity contribution is 7.17. The number of hydrogen-bond donors (Lipinski definition) is 1. The summed E-state index contributed by atoms with van der Waals surface area (Å²) in [6.07, 6.45) is 3.00. The van der Waals surface area contributed by atoms with Gasteiger partial charge in [-0.3, -0.25) is 14.5 Å². The molecule has 5 heteroatoms. The number of carbonyl (C=O) groups is 2. The van der Waals surface area contributed by atoms with Crippen LogP contribution < -0.4 is 0 Å². The summed E-state index contributed by atoms with van der Waals surface area (Å²) in [6, 6.07) is 10.1. The van der Waals surface area contributed by atoms with E-state index in [4.69, 9.17) is 0 Å². The Labute approximate surface area is 145 Å². The van der Waals surface area contributed by atoms with Gasteiger partial charge in [-0.25, -0.2) is 0 Å². The third kappa shape index (κ3) is 2.60. The molecule has 2 amide bonds. The average molecular weight is 341 g/mol. The van der Waals surface area contributed by atoms with Gasteiger partial charge in [-0.05, 0) is 29.5 Å². The summed E-state index contributed by atoms with van der Waals surface area (Å²) in [4.78, 5) is 27.2. The molecule has 0 saturated heterocycles. The van der Waals surface area contributed by atoms with E-state index in [2.05, 4.69) is 26.0 Å². The van der Waals surface area contributed by atoms with Crippen LogP contribution in [0.5, 0.6) is 0 Å². The topological polar surface area (TPSA) is 57.6 Å². The molecule has 0 radical (unpaired) electrons. The van der Waals surface area contributed by atoms with E-state index in [1.54, 1.807) is 11.3 Å². The van der Waals surface area contributed by atoms with Gasteiger partial charge in [0.2, 0.25) is 0 Å². The van der Waals surface area contributed by atoms with Crippen LogP contribution in [0.4, 0.5) is 0 Å². The minimum atomic E-state index is -0.587. The van der Waals surface area contributed by atoms with E-state index in [9.17, 15) is 14.7 Å². The molecule has 1 aromatic carbocycles. The molecular weight excluding hydrogens is 322 g/mol. The zero-order valence-corrected chi connectivity index (χ0v) is 14.5. The van der Waals surface area contributed by atoms with Gasteiger partial charge in [-0.1, -0.05) is 44.2 Å². The number of hydrogen-bond acceptors (Lipinski definition) is 4. The normalized spacial score (nSPS) is 14.5. The molecule has 0 unspecified atom stereocenters. The molecule has 3 rings (SSSR count). The summed E-state index contributed by atoms with van der Waals surface area (Å²) >= 11 is 1.55. The van der Waals surface area contributed by atoms with Crippen molar-refractivity contribution in [1.29, 1.82) is 0 Å². The van der Waals surface area contributed by atoms with Crippen molar-refractivity contribution < 1.29 is 14.7 Å². The Morgan fingerprint density at radius 3 is 2.17 bits per heavy atom. The number of amides is 2. The lowest BCUT2D eigenvalue weighted by molar-refractivity contribution is -0.140. The van der Waals surface area contributed by atoms with Crippen molar-refractivity contribution in [2.75, 3.05) is 6.73 Å². The fourth-order valence-electron chi connectivity index (χ4n) is 3.09. The maximum atomic E-state index is 12.4. The zero-order valence-electron chi connectivity index (χ0n) is 13.7. The number of benzene rings is 1. The van der Waals surface area contributed by atoms with Gasteiger partial charge in [0.25, 0.3) is 11.8 Å². The Morgan fingerprint density at radius 1 is 1.00 bits per heavy atom. The molecule has 0 bridgehead atoms. The van der Waals surface area contributed by atoms with Crippen molar-refractivity contribution in [1.82, 2.24) is 4.90 Å². The highest BCUT2D eigenvalue weighted by Gasteiger charge is 2.34. The van der Waals surface area contributed by atoms with E-state index in [1.807, 2.05) is 18.2 Å². The molecule has 1 aliphatic heterocycles. The predicted molar refractivity (Wildman–Crippen MR) is 95.4 cm³/mol. The quantitative estimate of drug-likeness (QED) is 0.850. The van der Waals surface area contributed by atoms with Gasteiger partial charge < -0.3 is 5.11 Å². The molecule has 0 aliphatic carbocycles. The third-order valence-corrected chi connectivity index (χ3v) is 5.61. The second-order valence-electron chi connectivity index (χ2n) is 5.56. The Kier molecular flexibility index (Phi) is 4.64. The van der Waals surface area contributed by atoms with Crippen LogP contribution in [-0.4, -0.2) is 28.6 Å². The first-order valence-corrected chi connectivity index (χ1v) is 8.82. The summed E-state index contributed by atoms with van der Waals surface area (Å²) in [5.41, 5.74) is 3.87. The van der Waals surface area contributed by atoms with Gasteiger partial charge in [-0.15, -0.1) is 11.3 Å². The second kappa shape index (κ2) is 6.71. The number of thiophene rings is 1. The van der Waals surface area contributed by atoms with Crippen LogP contribution in [0.15, 0.2) is 36.4 Å². The van der Waals surface area contributed by atoms with Crippen LogP contribution in [0.1, 0.15) is 29.9 Å². The van der Waals surface area contributed by atoms with Crippen LogP contribution in [0.3, 0.4) is 0 Å². The van der Waals surface area contributed by atoms with Crippen molar-refractivity contribution in [3.63, 3.8) is 0 Å². The molecule has 1 N–H and O–H groups in total. The van der Waals surface area contributed by atoms with Gasteiger partial charge in [0.1, 0.15) is 6.73 Å². The van der Waals surface area contributed by atoms with Crippen molar-refractivity contribution in [3.8, 4) is 10.4 Å². The lowest BCUT2D eigenvalue weighted by Crippen LogP contribution is -2.31. The molecule has 1 aromatic heterocycles. The third-order valence-electron chi connectivity index (χ3n) is 4.26. The van der Waals surface area contributed by atoms with E-state index in [0.717, 1.165) is 38.6 Å². The van der Waals surface area contributed by atoms with Gasteiger partial charge in [0, 0.05) is 15.8 Å². The largest absolute Gasteiger partial charge is 0.376 e. The molecule has 2 heterocycles. The summed E-state index contributed by atoms with van der Waals surface area (Å²) in [7, 11) is 0. The van der Waals surface area contributed by atoms with E-state index in [0.29, 0.717) is 5.57 Å². The standard InChI is InChI=1S/C19H19NO3S/c1-3-13-14(4-2)18(15-10-16(22)20(11-21)19(15)23)24-17(13)12-8-6-5-7-9-12/h5-10,21H,3-4,11H2,1-2H3. The number of rotatable bonds is 5. The molecule has 0 spiro atoms. The van der Waals surface area contributed by atoms with Crippen molar-refractivity contribution in [2.45, 2.75) is 26.7 Å². The molecule has 24 heavy (non-hydrogen) atoms. The number of carbonyl (C=O) groups excluding carboxylic acids is 2. The highest BCUT2D eigenvalue weighted by Crippen LogP contribution is 2.42. The zero-order chi connectivity index (χ0) is 17.3. The molecule has 0 atom stereocenters. The van der Waals surface area contributed by atoms with Gasteiger partial charge in [-0.2, -0.15) is 0 Å². The molecule has 1 aliphatic rings. The Hall–Kier alpha value is -2.24. The molecule has 0 saturated carbocycles. The molecular formula is C19H19NO3S.